The summed E-state index contributed by atoms with van der Waals surface area (Å²) in [5.74, 6) is 0.716. The Bertz CT molecular complexity index is 630. The quantitative estimate of drug-likeness (QED) is 0.920. The van der Waals surface area contributed by atoms with Crippen LogP contribution in [0.2, 0.25) is 0 Å². The van der Waals surface area contributed by atoms with Crippen LogP contribution in [-0.4, -0.2) is 50.9 Å². The summed E-state index contributed by atoms with van der Waals surface area (Å²) < 4.78 is 0. The second-order valence-electron chi connectivity index (χ2n) is 5.27. The summed E-state index contributed by atoms with van der Waals surface area (Å²) in [7, 11) is 1.74. The lowest BCUT2D eigenvalue weighted by atomic mass is 9.94. The van der Waals surface area contributed by atoms with Gasteiger partial charge in [-0.05, 0) is 12.8 Å². The summed E-state index contributed by atoms with van der Waals surface area (Å²) >= 11 is 0. The van der Waals surface area contributed by atoms with Crippen LogP contribution < -0.4 is 5.32 Å². The third-order valence-electron chi connectivity index (χ3n) is 3.83. The number of carbonyl (C=O) groups excluding carboxylic acids is 1. The average molecular weight is 298 g/mol. The number of nitrogens with zero attached hydrogens (tertiary/aromatic N) is 5. The minimum atomic E-state index is -0.0313. The third-order valence-corrected chi connectivity index (χ3v) is 3.83. The third kappa shape index (κ3) is 3.03. The van der Waals surface area contributed by atoms with Crippen LogP contribution in [0.3, 0.4) is 0 Å². The minimum Gasteiger partial charge on any atom is -0.357 e. The molecule has 0 aliphatic carbocycles. The molecular formula is C15H18N6O. The largest absolute Gasteiger partial charge is 0.357 e. The molecular weight excluding hydrogens is 280 g/mol. The fourth-order valence-corrected chi connectivity index (χ4v) is 2.67. The van der Waals surface area contributed by atoms with E-state index >= 15 is 0 Å². The highest BCUT2D eigenvalue weighted by atomic mass is 16.2. The second-order valence-corrected chi connectivity index (χ2v) is 5.27. The summed E-state index contributed by atoms with van der Waals surface area (Å²) in [6, 6.07) is 0. The first-order chi connectivity index (χ1) is 10.8. The van der Waals surface area contributed by atoms with E-state index in [1.807, 2.05) is 4.90 Å². The molecule has 22 heavy (non-hydrogen) atoms. The number of likely N-dealkylation sites (tertiary alicyclic amines) is 1. The molecule has 0 spiro atoms. The molecule has 1 N–H and O–H groups in total. The lowest BCUT2D eigenvalue weighted by molar-refractivity contribution is 0.0705. The van der Waals surface area contributed by atoms with Gasteiger partial charge in [0.15, 0.2) is 0 Å². The molecule has 0 aromatic carbocycles. The van der Waals surface area contributed by atoms with Gasteiger partial charge in [0.2, 0.25) is 5.95 Å². The predicted molar refractivity (Wildman–Crippen MR) is 81.5 cm³/mol. The highest BCUT2D eigenvalue weighted by Gasteiger charge is 2.26. The Morgan fingerprint density at radius 1 is 1.23 bits per heavy atom. The topological polar surface area (TPSA) is 83.9 Å². The summed E-state index contributed by atoms with van der Waals surface area (Å²) in [6.45, 7) is 1.41. The number of nitrogens with one attached hydrogen (secondary N) is 1. The monoisotopic (exact) mass is 298 g/mol. The van der Waals surface area contributed by atoms with Gasteiger partial charge in [0, 0.05) is 57.0 Å². The van der Waals surface area contributed by atoms with Crippen LogP contribution in [0.5, 0.6) is 0 Å². The zero-order valence-corrected chi connectivity index (χ0v) is 12.4. The molecule has 0 radical (unpaired) electrons. The van der Waals surface area contributed by atoms with Gasteiger partial charge in [0.25, 0.3) is 5.91 Å². The van der Waals surface area contributed by atoms with Crippen molar-refractivity contribution in [3.8, 4) is 0 Å². The van der Waals surface area contributed by atoms with Crippen molar-refractivity contribution in [2.45, 2.75) is 18.8 Å². The molecule has 114 valence electrons. The Hall–Kier alpha value is -2.57. The van der Waals surface area contributed by atoms with E-state index in [9.17, 15) is 4.79 Å². The molecule has 1 aliphatic heterocycles. The number of hydrogen-bond acceptors (Lipinski definition) is 6. The number of anilines is 1. The van der Waals surface area contributed by atoms with Crippen LogP contribution in [-0.2, 0) is 0 Å². The number of aromatic nitrogens is 4. The smallest absolute Gasteiger partial charge is 0.257 e. The highest BCUT2D eigenvalue weighted by molar-refractivity contribution is 5.93. The maximum atomic E-state index is 12.6. The molecule has 1 amide bonds. The van der Waals surface area contributed by atoms with Gasteiger partial charge in [-0.2, -0.15) is 0 Å². The van der Waals surface area contributed by atoms with Gasteiger partial charge >= 0.3 is 0 Å². The van der Waals surface area contributed by atoms with Gasteiger partial charge < -0.3 is 10.2 Å². The van der Waals surface area contributed by atoms with E-state index in [0.29, 0.717) is 18.1 Å². The van der Waals surface area contributed by atoms with Crippen molar-refractivity contribution in [1.29, 1.82) is 0 Å². The molecule has 3 rings (SSSR count). The Morgan fingerprint density at radius 3 is 2.73 bits per heavy atom. The fourth-order valence-electron chi connectivity index (χ4n) is 2.67. The molecule has 3 heterocycles. The van der Waals surface area contributed by atoms with Crippen molar-refractivity contribution in [3.05, 3.63) is 42.2 Å². The van der Waals surface area contributed by atoms with Crippen LogP contribution in [0, 0.1) is 0 Å². The van der Waals surface area contributed by atoms with Crippen molar-refractivity contribution in [2.75, 3.05) is 25.5 Å². The van der Waals surface area contributed by atoms with Gasteiger partial charge in [0.05, 0.1) is 11.3 Å². The molecule has 1 aliphatic rings. The Balaban J connectivity index is 1.72. The predicted octanol–water partition coefficient (Wildman–Crippen LogP) is 1.33. The zero-order chi connectivity index (χ0) is 15.4. The number of hydrogen-bond donors (Lipinski definition) is 1. The van der Waals surface area contributed by atoms with Gasteiger partial charge in [-0.3, -0.25) is 14.8 Å². The summed E-state index contributed by atoms with van der Waals surface area (Å²) in [5.41, 5.74) is 1.46. The lowest BCUT2D eigenvalue weighted by Gasteiger charge is -2.32. The molecule has 0 saturated carbocycles. The van der Waals surface area contributed by atoms with E-state index in [2.05, 4.69) is 25.3 Å². The Kier molecular flexibility index (Phi) is 4.22. The average Bonchev–Trinajstić information content (AvgIpc) is 2.62. The lowest BCUT2D eigenvalue weighted by Crippen LogP contribution is -2.39. The summed E-state index contributed by atoms with van der Waals surface area (Å²) in [4.78, 5) is 31.1. The zero-order valence-electron chi connectivity index (χ0n) is 12.4. The van der Waals surface area contributed by atoms with Crippen LogP contribution >= 0.6 is 0 Å². The number of rotatable bonds is 3. The molecule has 0 bridgehead atoms. The van der Waals surface area contributed by atoms with Crippen molar-refractivity contribution in [2.24, 2.45) is 0 Å². The van der Waals surface area contributed by atoms with Crippen molar-refractivity contribution >= 4 is 11.9 Å². The molecule has 1 atom stereocenters. The number of carbonyl (C=O) groups is 1. The van der Waals surface area contributed by atoms with Gasteiger partial charge in [-0.15, -0.1) is 0 Å². The van der Waals surface area contributed by atoms with E-state index in [1.54, 1.807) is 38.0 Å². The summed E-state index contributed by atoms with van der Waals surface area (Å²) in [5, 5.41) is 2.84. The first-order valence-electron chi connectivity index (χ1n) is 7.33. The van der Waals surface area contributed by atoms with Crippen LogP contribution in [0.1, 0.15) is 34.8 Å². The molecule has 7 heteroatoms. The van der Waals surface area contributed by atoms with E-state index in [0.717, 1.165) is 25.1 Å². The van der Waals surface area contributed by atoms with Crippen molar-refractivity contribution in [3.63, 3.8) is 0 Å². The first-order valence-corrected chi connectivity index (χ1v) is 7.33. The fraction of sp³-hybridized carbons (Fsp3) is 0.400. The Morgan fingerprint density at radius 2 is 2.05 bits per heavy atom. The number of amides is 1. The standard InChI is InChI=1S/C15H18N6O/c1-16-15-19-7-12(8-20-15)14(22)21-6-2-3-11(10-21)13-9-17-4-5-18-13/h4-5,7-9,11H,2-3,6,10H2,1H3,(H,16,19,20). The van der Waals surface area contributed by atoms with E-state index in [-0.39, 0.29) is 11.8 Å². The minimum absolute atomic E-state index is 0.0313. The van der Waals surface area contributed by atoms with E-state index in [1.165, 1.54) is 0 Å². The Labute approximate surface area is 128 Å². The van der Waals surface area contributed by atoms with Crippen LogP contribution in [0.25, 0.3) is 0 Å². The second kappa shape index (κ2) is 6.46. The molecule has 7 nitrogen and oxygen atoms in total. The molecule has 2 aromatic heterocycles. The normalized spacial score (nSPS) is 18.0. The van der Waals surface area contributed by atoms with E-state index < -0.39 is 0 Å². The molecule has 1 saturated heterocycles. The molecule has 1 unspecified atom stereocenters. The summed E-state index contributed by atoms with van der Waals surface area (Å²) in [6.07, 6.45) is 10.3. The van der Waals surface area contributed by atoms with E-state index in [4.69, 9.17) is 0 Å². The van der Waals surface area contributed by atoms with Gasteiger partial charge in [-0.25, -0.2) is 9.97 Å². The van der Waals surface area contributed by atoms with Crippen LogP contribution in [0.4, 0.5) is 5.95 Å². The van der Waals surface area contributed by atoms with Crippen LogP contribution in [0.15, 0.2) is 31.0 Å². The SMILES string of the molecule is CNc1ncc(C(=O)N2CCCC(c3cnccn3)C2)cn1. The first kappa shape index (κ1) is 14.4. The van der Waals surface area contributed by atoms with Gasteiger partial charge in [-0.1, -0.05) is 0 Å². The maximum Gasteiger partial charge on any atom is 0.257 e. The highest BCUT2D eigenvalue weighted by Crippen LogP contribution is 2.25. The molecule has 1 fully saturated rings. The number of piperidine rings is 1. The van der Waals surface area contributed by atoms with Gasteiger partial charge in [0.1, 0.15) is 0 Å². The van der Waals surface area contributed by atoms with Crippen molar-refractivity contribution < 1.29 is 4.79 Å². The maximum absolute atomic E-state index is 12.6. The van der Waals surface area contributed by atoms with Crippen molar-refractivity contribution in [1.82, 2.24) is 24.8 Å². The molecule has 2 aromatic rings.